The van der Waals surface area contributed by atoms with Crippen LogP contribution in [0.5, 0.6) is 5.75 Å². The molecule has 22 heavy (non-hydrogen) atoms. The molecular formula is C18H16N3O+. The number of ether oxygens (including phenoxy) is 1. The molecule has 0 spiro atoms. The Labute approximate surface area is 128 Å². The number of nitrogens with one attached hydrogen (secondary N) is 1. The van der Waals surface area contributed by atoms with E-state index in [1.165, 1.54) is 0 Å². The summed E-state index contributed by atoms with van der Waals surface area (Å²) in [6.07, 6.45) is 7.69. The fraction of sp³-hybridized carbons (Fsp3) is 0.111. The quantitative estimate of drug-likeness (QED) is 0.595. The summed E-state index contributed by atoms with van der Waals surface area (Å²) in [5, 5.41) is 10.5. The van der Waals surface area contributed by atoms with Gasteiger partial charge in [-0.25, -0.2) is 4.57 Å². The van der Waals surface area contributed by atoms with Gasteiger partial charge in [-0.2, -0.15) is 5.26 Å². The number of aromatic nitrogens is 2. The maximum Gasteiger partial charge on any atom is 0.175 e. The molecule has 0 saturated heterocycles. The first-order valence-corrected chi connectivity index (χ1v) is 6.94. The molecule has 0 saturated carbocycles. The first-order valence-electron chi connectivity index (χ1n) is 6.94. The second kappa shape index (κ2) is 5.74. The van der Waals surface area contributed by atoms with Crippen molar-refractivity contribution < 1.29 is 9.30 Å². The van der Waals surface area contributed by atoms with Crippen LogP contribution < -0.4 is 9.30 Å². The van der Waals surface area contributed by atoms with Crippen molar-refractivity contribution in [3.8, 4) is 11.8 Å². The first-order chi connectivity index (χ1) is 10.7. The average molecular weight is 290 g/mol. The lowest BCUT2D eigenvalue weighted by Gasteiger charge is -2.01. The molecule has 0 bridgehead atoms. The third-order valence-electron chi connectivity index (χ3n) is 3.57. The van der Waals surface area contributed by atoms with Gasteiger partial charge in [0, 0.05) is 34.3 Å². The van der Waals surface area contributed by atoms with Gasteiger partial charge >= 0.3 is 0 Å². The summed E-state index contributed by atoms with van der Waals surface area (Å²) < 4.78 is 7.23. The van der Waals surface area contributed by atoms with Gasteiger partial charge in [0.15, 0.2) is 12.4 Å². The van der Waals surface area contributed by atoms with Gasteiger partial charge in [0.25, 0.3) is 0 Å². The van der Waals surface area contributed by atoms with Crippen molar-refractivity contribution in [2.24, 2.45) is 7.05 Å². The lowest BCUT2D eigenvalue weighted by Crippen LogP contribution is -2.26. The molecule has 0 unspecified atom stereocenters. The van der Waals surface area contributed by atoms with Crippen molar-refractivity contribution in [1.29, 1.82) is 5.26 Å². The Bertz CT molecular complexity index is 900. The molecule has 0 amide bonds. The van der Waals surface area contributed by atoms with E-state index in [4.69, 9.17) is 4.74 Å². The van der Waals surface area contributed by atoms with Crippen LogP contribution in [0.3, 0.4) is 0 Å². The molecule has 0 atom stereocenters. The van der Waals surface area contributed by atoms with Crippen molar-refractivity contribution in [3.05, 3.63) is 60.0 Å². The molecule has 4 nitrogen and oxygen atoms in total. The summed E-state index contributed by atoms with van der Waals surface area (Å²) in [5.74, 6) is 0.775. The number of pyridine rings is 1. The molecule has 0 aliphatic heterocycles. The molecule has 4 heteroatoms. The summed E-state index contributed by atoms with van der Waals surface area (Å²) in [5.41, 5.74) is 3.46. The number of nitriles is 1. The van der Waals surface area contributed by atoms with Crippen LogP contribution in [0.1, 0.15) is 11.1 Å². The van der Waals surface area contributed by atoms with Gasteiger partial charge in [-0.3, -0.25) is 0 Å². The maximum absolute atomic E-state index is 9.54. The smallest absolute Gasteiger partial charge is 0.175 e. The van der Waals surface area contributed by atoms with E-state index in [2.05, 4.69) is 11.1 Å². The number of benzene rings is 1. The van der Waals surface area contributed by atoms with E-state index >= 15 is 0 Å². The van der Waals surface area contributed by atoms with E-state index in [0.29, 0.717) is 5.57 Å². The fourth-order valence-electron chi connectivity index (χ4n) is 2.48. The topological polar surface area (TPSA) is 52.7 Å². The molecule has 2 aromatic heterocycles. The van der Waals surface area contributed by atoms with Gasteiger partial charge < -0.3 is 9.72 Å². The zero-order valence-corrected chi connectivity index (χ0v) is 12.5. The van der Waals surface area contributed by atoms with E-state index in [0.717, 1.165) is 27.8 Å². The average Bonchev–Trinajstić information content (AvgIpc) is 2.95. The van der Waals surface area contributed by atoms with Crippen LogP contribution in [0.15, 0.2) is 48.9 Å². The van der Waals surface area contributed by atoms with Crippen LogP contribution in [0.25, 0.3) is 22.6 Å². The molecule has 0 fully saturated rings. The van der Waals surface area contributed by atoms with Crippen molar-refractivity contribution in [2.45, 2.75) is 0 Å². The predicted octanol–water partition coefficient (Wildman–Crippen LogP) is 3.07. The Hall–Kier alpha value is -3.06. The lowest BCUT2D eigenvalue weighted by molar-refractivity contribution is -0.671. The number of allylic oxidation sites excluding steroid dienone is 1. The van der Waals surface area contributed by atoms with Gasteiger partial charge in [-0.1, -0.05) is 0 Å². The second-order valence-electron chi connectivity index (χ2n) is 5.09. The third-order valence-corrected chi connectivity index (χ3v) is 3.57. The van der Waals surface area contributed by atoms with Gasteiger partial charge in [-0.15, -0.1) is 0 Å². The van der Waals surface area contributed by atoms with E-state index in [1.807, 2.05) is 66.6 Å². The monoisotopic (exact) mass is 290 g/mol. The maximum atomic E-state index is 9.54. The number of fused-ring (bicyclic) bond motifs is 1. The van der Waals surface area contributed by atoms with Gasteiger partial charge in [0.05, 0.1) is 18.8 Å². The van der Waals surface area contributed by atoms with Gasteiger partial charge in [0.1, 0.15) is 12.8 Å². The molecule has 2 heterocycles. The molecule has 108 valence electrons. The van der Waals surface area contributed by atoms with Crippen LogP contribution >= 0.6 is 0 Å². The molecule has 0 aliphatic rings. The number of hydrogen-bond donors (Lipinski definition) is 1. The van der Waals surface area contributed by atoms with Crippen LogP contribution in [0, 0.1) is 11.3 Å². The van der Waals surface area contributed by atoms with Crippen LogP contribution in [0.2, 0.25) is 0 Å². The number of H-pyrrole nitrogens is 1. The zero-order valence-electron chi connectivity index (χ0n) is 12.5. The Morgan fingerprint density at radius 3 is 2.95 bits per heavy atom. The number of nitrogens with zero attached hydrogens (tertiary/aromatic N) is 2. The Kier molecular flexibility index (Phi) is 3.63. The normalized spacial score (nSPS) is 11.4. The van der Waals surface area contributed by atoms with Crippen LogP contribution in [0.4, 0.5) is 0 Å². The van der Waals surface area contributed by atoms with Crippen LogP contribution in [-0.2, 0) is 7.05 Å². The van der Waals surface area contributed by atoms with E-state index in [9.17, 15) is 5.26 Å². The van der Waals surface area contributed by atoms with Gasteiger partial charge in [-0.05, 0) is 30.3 Å². The highest BCUT2D eigenvalue weighted by Crippen LogP contribution is 2.29. The molecule has 3 aromatic rings. The molecule has 1 aromatic carbocycles. The standard InChI is InChI=1S/C18H16N3O/c1-21-7-3-4-13(12-21)8-14(10-19)17-11-20-18-6-5-15(22-2)9-16(17)18/h3-9,11-12,20H,1-2H3/q+1. The number of rotatable bonds is 3. The van der Waals surface area contributed by atoms with E-state index in [-0.39, 0.29) is 0 Å². The number of aryl methyl sites for hydroxylation is 1. The van der Waals surface area contributed by atoms with Crippen molar-refractivity contribution in [1.82, 2.24) is 4.98 Å². The van der Waals surface area contributed by atoms with Crippen molar-refractivity contribution >= 4 is 22.6 Å². The Balaban J connectivity index is 2.13. The number of aromatic amines is 1. The molecule has 3 rings (SSSR count). The minimum absolute atomic E-state index is 0.616. The van der Waals surface area contributed by atoms with E-state index in [1.54, 1.807) is 7.11 Å². The summed E-state index contributed by atoms with van der Waals surface area (Å²) in [6.45, 7) is 0. The molecule has 1 N–H and O–H groups in total. The molecular weight excluding hydrogens is 274 g/mol. The minimum atomic E-state index is 0.616. The van der Waals surface area contributed by atoms with Crippen molar-refractivity contribution in [3.63, 3.8) is 0 Å². The van der Waals surface area contributed by atoms with Crippen LogP contribution in [-0.4, -0.2) is 12.1 Å². The fourth-order valence-corrected chi connectivity index (χ4v) is 2.48. The number of methoxy groups -OCH3 is 1. The first kappa shape index (κ1) is 13.9. The lowest BCUT2D eigenvalue weighted by atomic mass is 10.0. The third kappa shape index (κ3) is 2.57. The second-order valence-corrected chi connectivity index (χ2v) is 5.09. The summed E-state index contributed by atoms with van der Waals surface area (Å²) >= 11 is 0. The summed E-state index contributed by atoms with van der Waals surface area (Å²) in [4.78, 5) is 3.20. The molecule has 0 aliphatic carbocycles. The number of hydrogen-bond acceptors (Lipinski definition) is 2. The Morgan fingerprint density at radius 1 is 1.36 bits per heavy atom. The van der Waals surface area contributed by atoms with Crippen molar-refractivity contribution in [2.75, 3.05) is 7.11 Å². The highest BCUT2D eigenvalue weighted by molar-refractivity contribution is 6.01. The minimum Gasteiger partial charge on any atom is -0.497 e. The summed E-state index contributed by atoms with van der Waals surface area (Å²) in [6, 6.07) is 12.0. The highest BCUT2D eigenvalue weighted by atomic mass is 16.5. The zero-order chi connectivity index (χ0) is 15.5. The largest absolute Gasteiger partial charge is 0.497 e. The molecule has 0 radical (unpaired) electrons. The SMILES string of the molecule is COc1ccc2[nH]cc(C(C#N)=Cc3ccc[n+](C)c3)c2c1. The highest BCUT2D eigenvalue weighted by Gasteiger charge is 2.10. The van der Waals surface area contributed by atoms with Gasteiger partial charge in [0.2, 0.25) is 0 Å². The summed E-state index contributed by atoms with van der Waals surface area (Å²) in [7, 11) is 3.60. The Morgan fingerprint density at radius 2 is 2.23 bits per heavy atom. The predicted molar refractivity (Wildman–Crippen MR) is 86.0 cm³/mol. The van der Waals surface area contributed by atoms with E-state index < -0.39 is 0 Å².